The summed E-state index contributed by atoms with van der Waals surface area (Å²) in [5, 5.41) is 11.2. The van der Waals surface area contributed by atoms with Crippen LogP contribution in [0.4, 0.5) is 5.13 Å². The summed E-state index contributed by atoms with van der Waals surface area (Å²) >= 11 is 2.78. The van der Waals surface area contributed by atoms with E-state index < -0.39 is 0 Å². The van der Waals surface area contributed by atoms with Crippen molar-refractivity contribution in [2.75, 3.05) is 11.1 Å². The highest BCUT2D eigenvalue weighted by molar-refractivity contribution is 8.00. The number of benzene rings is 1. The molecule has 3 aromatic heterocycles. The van der Waals surface area contributed by atoms with Gasteiger partial charge >= 0.3 is 0 Å². The molecule has 9 heteroatoms. The maximum atomic E-state index is 12.3. The maximum absolute atomic E-state index is 12.3. The minimum Gasteiger partial charge on any atom is -0.301 e. The number of rotatable bonds is 6. The van der Waals surface area contributed by atoms with Crippen LogP contribution in [0.15, 0.2) is 47.2 Å². The molecule has 7 nitrogen and oxygen atoms in total. The molecular weight excluding hydrogens is 392 g/mol. The molecule has 0 bridgehead atoms. The Morgan fingerprint density at radius 1 is 1.25 bits per heavy atom. The Labute approximate surface area is 170 Å². The van der Waals surface area contributed by atoms with Crippen molar-refractivity contribution in [3.63, 3.8) is 0 Å². The van der Waals surface area contributed by atoms with E-state index in [-0.39, 0.29) is 11.7 Å². The lowest BCUT2D eigenvalue weighted by Crippen LogP contribution is -2.14. The van der Waals surface area contributed by atoms with E-state index >= 15 is 0 Å². The zero-order valence-electron chi connectivity index (χ0n) is 15.4. The Bertz CT molecular complexity index is 1120. The van der Waals surface area contributed by atoms with Crippen molar-refractivity contribution >= 4 is 45.2 Å². The van der Waals surface area contributed by atoms with Gasteiger partial charge in [-0.3, -0.25) is 9.48 Å². The third-order valence-corrected chi connectivity index (χ3v) is 6.00. The summed E-state index contributed by atoms with van der Waals surface area (Å²) in [5.41, 5.74) is 3.94. The Hall–Kier alpha value is -2.78. The Morgan fingerprint density at radius 2 is 2.07 bits per heavy atom. The Balaban J connectivity index is 1.39. The zero-order valence-corrected chi connectivity index (χ0v) is 17.0. The average molecular weight is 411 g/mol. The van der Waals surface area contributed by atoms with E-state index in [4.69, 9.17) is 0 Å². The first-order valence-corrected chi connectivity index (χ1v) is 10.6. The predicted molar refractivity (Wildman–Crippen MR) is 113 cm³/mol. The highest BCUT2D eigenvalue weighted by Crippen LogP contribution is 2.27. The van der Waals surface area contributed by atoms with Crippen molar-refractivity contribution in [1.82, 2.24) is 24.7 Å². The molecule has 4 aromatic rings. The number of anilines is 1. The molecule has 0 aliphatic carbocycles. The van der Waals surface area contributed by atoms with Crippen molar-refractivity contribution in [3.8, 4) is 11.3 Å². The van der Waals surface area contributed by atoms with Gasteiger partial charge in [0.15, 0.2) is 10.8 Å². The summed E-state index contributed by atoms with van der Waals surface area (Å²) in [6, 6.07) is 8.32. The van der Waals surface area contributed by atoms with Gasteiger partial charge in [0.05, 0.1) is 23.0 Å². The van der Waals surface area contributed by atoms with Crippen LogP contribution >= 0.6 is 23.1 Å². The van der Waals surface area contributed by atoms with Crippen molar-refractivity contribution in [1.29, 1.82) is 0 Å². The van der Waals surface area contributed by atoms with Crippen LogP contribution in [0.2, 0.25) is 0 Å². The van der Waals surface area contributed by atoms with Crippen LogP contribution in [0.1, 0.15) is 12.5 Å². The van der Waals surface area contributed by atoms with Crippen molar-refractivity contribution in [2.45, 2.75) is 18.4 Å². The topological polar surface area (TPSA) is 85.6 Å². The van der Waals surface area contributed by atoms with Crippen LogP contribution in [0, 0.1) is 0 Å². The van der Waals surface area contributed by atoms with E-state index in [0.717, 1.165) is 33.7 Å². The second-order valence-corrected chi connectivity index (χ2v) is 7.93. The van der Waals surface area contributed by atoms with E-state index in [1.807, 2.05) is 12.4 Å². The van der Waals surface area contributed by atoms with E-state index in [1.54, 1.807) is 10.9 Å². The number of nitrogens with zero attached hydrogens (tertiary/aromatic N) is 5. The average Bonchev–Trinajstić information content (AvgIpc) is 3.34. The molecule has 0 aliphatic heterocycles. The number of nitrogens with one attached hydrogen (secondary N) is 1. The standard InChI is InChI=1S/C19H18N6OS2/c1-3-12-4-6-13(7-5-12)15-9-28-19(23-15)24-16(26)10-27-18-14-8-22-25(2)17(14)20-11-21-18/h4-9,11H,3,10H2,1-2H3,(H,23,24,26). The number of aromatic nitrogens is 5. The number of carbonyl (C=O) groups is 1. The van der Waals surface area contributed by atoms with E-state index in [2.05, 4.69) is 56.6 Å². The molecule has 0 unspecified atom stereocenters. The van der Waals surface area contributed by atoms with Gasteiger partial charge in [-0.15, -0.1) is 11.3 Å². The molecule has 1 amide bonds. The number of fused-ring (bicyclic) bond motifs is 1. The first kappa shape index (κ1) is 18.6. The van der Waals surface area contributed by atoms with Gasteiger partial charge in [-0.05, 0) is 12.0 Å². The highest BCUT2D eigenvalue weighted by atomic mass is 32.2. The van der Waals surface area contributed by atoms with E-state index in [0.29, 0.717) is 5.13 Å². The lowest BCUT2D eigenvalue weighted by molar-refractivity contribution is -0.113. The molecule has 0 radical (unpaired) electrons. The molecule has 142 valence electrons. The molecular formula is C19H18N6OS2. The van der Waals surface area contributed by atoms with Crippen LogP contribution < -0.4 is 5.32 Å². The van der Waals surface area contributed by atoms with Gasteiger partial charge in [-0.25, -0.2) is 15.0 Å². The predicted octanol–water partition coefficient (Wildman–Crippen LogP) is 3.78. The fraction of sp³-hybridized carbons (Fsp3) is 0.211. The third-order valence-electron chi connectivity index (χ3n) is 4.24. The summed E-state index contributed by atoms with van der Waals surface area (Å²) in [7, 11) is 1.83. The summed E-state index contributed by atoms with van der Waals surface area (Å²) in [5.74, 6) is 0.115. The Morgan fingerprint density at radius 3 is 2.86 bits per heavy atom. The van der Waals surface area contributed by atoms with E-state index in [1.165, 1.54) is 35.0 Å². The number of hydrogen-bond acceptors (Lipinski definition) is 7. The van der Waals surface area contributed by atoms with Crippen molar-refractivity contribution < 1.29 is 4.79 Å². The molecule has 0 atom stereocenters. The van der Waals surface area contributed by atoms with Crippen molar-refractivity contribution in [2.24, 2.45) is 7.05 Å². The smallest absolute Gasteiger partial charge is 0.236 e. The normalized spacial score (nSPS) is 11.1. The first-order valence-electron chi connectivity index (χ1n) is 8.74. The summed E-state index contributed by atoms with van der Waals surface area (Å²) in [6.07, 6.45) is 4.21. The summed E-state index contributed by atoms with van der Waals surface area (Å²) < 4.78 is 1.69. The number of hydrogen-bond donors (Lipinski definition) is 1. The number of aryl methyl sites for hydroxylation is 2. The minimum atomic E-state index is -0.122. The van der Waals surface area contributed by atoms with Crippen LogP contribution in [-0.2, 0) is 18.3 Å². The third kappa shape index (κ3) is 3.90. The molecule has 1 aromatic carbocycles. The van der Waals surface area contributed by atoms with Gasteiger partial charge in [0.25, 0.3) is 0 Å². The highest BCUT2D eigenvalue weighted by Gasteiger charge is 2.12. The second-order valence-electron chi connectivity index (χ2n) is 6.11. The molecule has 0 saturated heterocycles. The van der Waals surface area contributed by atoms with Crippen LogP contribution in [0.25, 0.3) is 22.3 Å². The zero-order chi connectivity index (χ0) is 19.5. The van der Waals surface area contributed by atoms with Crippen LogP contribution in [-0.4, -0.2) is 36.4 Å². The Kier molecular flexibility index (Phi) is 5.36. The number of carbonyl (C=O) groups excluding carboxylic acids is 1. The molecule has 1 N–H and O–H groups in total. The molecule has 3 heterocycles. The molecule has 0 fully saturated rings. The fourth-order valence-corrected chi connectivity index (χ4v) is 4.22. The van der Waals surface area contributed by atoms with Gasteiger partial charge in [0, 0.05) is 18.0 Å². The lowest BCUT2D eigenvalue weighted by atomic mass is 10.1. The van der Waals surface area contributed by atoms with Gasteiger partial charge in [-0.2, -0.15) is 5.10 Å². The van der Waals surface area contributed by atoms with Crippen LogP contribution in [0.5, 0.6) is 0 Å². The van der Waals surface area contributed by atoms with Gasteiger partial charge in [0.2, 0.25) is 5.91 Å². The summed E-state index contributed by atoms with van der Waals surface area (Å²) in [4.78, 5) is 25.3. The minimum absolute atomic E-state index is 0.122. The quantitative estimate of drug-likeness (QED) is 0.385. The molecule has 4 rings (SSSR count). The lowest BCUT2D eigenvalue weighted by Gasteiger charge is -2.03. The largest absolute Gasteiger partial charge is 0.301 e. The number of amides is 1. The monoisotopic (exact) mass is 410 g/mol. The van der Waals surface area contributed by atoms with Crippen molar-refractivity contribution in [3.05, 3.63) is 47.7 Å². The van der Waals surface area contributed by atoms with Crippen LogP contribution in [0.3, 0.4) is 0 Å². The molecule has 0 saturated carbocycles. The first-order chi connectivity index (χ1) is 13.6. The molecule has 28 heavy (non-hydrogen) atoms. The van der Waals surface area contributed by atoms with E-state index in [9.17, 15) is 4.79 Å². The fourth-order valence-electron chi connectivity index (χ4n) is 2.72. The summed E-state index contributed by atoms with van der Waals surface area (Å²) in [6.45, 7) is 2.13. The second kappa shape index (κ2) is 8.07. The number of thioether (sulfide) groups is 1. The van der Waals surface area contributed by atoms with Gasteiger partial charge < -0.3 is 5.32 Å². The molecule has 0 spiro atoms. The SMILES string of the molecule is CCc1ccc(-c2csc(NC(=O)CSc3ncnc4c3cnn4C)n2)cc1. The molecule has 0 aliphatic rings. The van der Waals surface area contributed by atoms with Gasteiger partial charge in [0.1, 0.15) is 11.4 Å². The maximum Gasteiger partial charge on any atom is 0.236 e. The number of thiazole rings is 1. The van der Waals surface area contributed by atoms with Gasteiger partial charge in [-0.1, -0.05) is 43.0 Å².